The summed E-state index contributed by atoms with van der Waals surface area (Å²) in [5, 5.41) is 6.12. The van der Waals surface area contributed by atoms with Crippen molar-refractivity contribution >= 4 is 35.0 Å². The Morgan fingerprint density at radius 1 is 0.871 bits per heavy atom. The molecule has 7 nitrogen and oxygen atoms in total. The lowest BCUT2D eigenvalue weighted by Gasteiger charge is -2.34. The quantitative estimate of drug-likeness (QED) is 0.656. The van der Waals surface area contributed by atoms with Crippen molar-refractivity contribution in [2.45, 2.75) is 12.8 Å². The van der Waals surface area contributed by atoms with Gasteiger partial charge in [-0.05, 0) is 17.7 Å². The Bertz CT molecular complexity index is 899. The summed E-state index contributed by atoms with van der Waals surface area (Å²) >= 11 is 6.07. The average molecular weight is 443 g/mol. The topological polar surface area (TPSA) is 81.8 Å². The molecule has 0 unspecified atom stereocenters. The summed E-state index contributed by atoms with van der Waals surface area (Å²) in [5.74, 6) is -0.206. The molecule has 1 heterocycles. The van der Waals surface area contributed by atoms with Gasteiger partial charge in [0.1, 0.15) is 0 Å². The van der Waals surface area contributed by atoms with E-state index in [1.165, 1.54) is 0 Å². The molecule has 164 valence electrons. The van der Waals surface area contributed by atoms with Crippen molar-refractivity contribution in [1.82, 2.24) is 15.1 Å². The molecule has 8 heteroatoms. The molecule has 2 N–H and O–H groups in total. The van der Waals surface area contributed by atoms with Crippen LogP contribution in [0.25, 0.3) is 0 Å². The Hall–Kier alpha value is -2.90. The summed E-state index contributed by atoms with van der Waals surface area (Å²) in [5.41, 5.74) is 1.54. The van der Waals surface area contributed by atoms with Gasteiger partial charge in [-0.1, -0.05) is 54.1 Å². The molecule has 2 aromatic carbocycles. The summed E-state index contributed by atoms with van der Waals surface area (Å²) in [6.07, 6.45) is 0.581. The predicted molar refractivity (Wildman–Crippen MR) is 121 cm³/mol. The number of amides is 3. The predicted octanol–water partition coefficient (Wildman–Crippen LogP) is 2.17. The third-order valence-corrected chi connectivity index (χ3v) is 5.44. The highest BCUT2D eigenvalue weighted by Crippen LogP contribution is 2.20. The second kappa shape index (κ2) is 11.5. The molecule has 2 aromatic rings. The van der Waals surface area contributed by atoms with Gasteiger partial charge in [-0.25, -0.2) is 0 Å². The number of anilines is 1. The van der Waals surface area contributed by atoms with Gasteiger partial charge in [-0.3, -0.25) is 19.3 Å². The molecule has 0 atom stereocenters. The molecule has 3 amide bonds. The fraction of sp³-hybridized carbons (Fsp3) is 0.348. The number of carbonyl (C=O) groups excluding carboxylic acids is 3. The van der Waals surface area contributed by atoms with Crippen molar-refractivity contribution in [3.05, 3.63) is 65.2 Å². The standard InChI is InChI=1S/C23H27ClN4O3/c24-19-8-4-5-9-20(19)26-22(30)17-27-12-14-28(15-13-27)23(31)10-11-25-21(29)16-18-6-2-1-3-7-18/h1-9H,10-17H2,(H,25,29)(H,26,30). The van der Waals surface area contributed by atoms with Gasteiger partial charge in [0.2, 0.25) is 17.7 Å². The zero-order valence-electron chi connectivity index (χ0n) is 17.4. The number of hydrogen-bond acceptors (Lipinski definition) is 4. The molecular weight excluding hydrogens is 416 g/mol. The fourth-order valence-corrected chi connectivity index (χ4v) is 3.60. The van der Waals surface area contributed by atoms with Gasteiger partial charge in [0.05, 0.1) is 23.7 Å². The largest absolute Gasteiger partial charge is 0.355 e. The molecule has 0 bridgehead atoms. The third-order valence-electron chi connectivity index (χ3n) is 5.11. The van der Waals surface area contributed by atoms with Crippen LogP contribution >= 0.6 is 11.6 Å². The molecule has 0 aromatic heterocycles. The first-order chi connectivity index (χ1) is 15.0. The highest BCUT2D eigenvalue weighted by Gasteiger charge is 2.22. The molecule has 1 saturated heterocycles. The number of benzene rings is 2. The maximum Gasteiger partial charge on any atom is 0.238 e. The van der Waals surface area contributed by atoms with Crippen molar-refractivity contribution in [2.24, 2.45) is 0 Å². The van der Waals surface area contributed by atoms with Crippen LogP contribution in [0.5, 0.6) is 0 Å². The highest BCUT2D eigenvalue weighted by molar-refractivity contribution is 6.33. The lowest BCUT2D eigenvalue weighted by atomic mass is 10.1. The highest BCUT2D eigenvalue weighted by atomic mass is 35.5. The Morgan fingerprint density at radius 3 is 2.26 bits per heavy atom. The van der Waals surface area contributed by atoms with E-state index in [0.717, 1.165) is 5.56 Å². The number of rotatable bonds is 8. The minimum absolute atomic E-state index is 0.0141. The van der Waals surface area contributed by atoms with Crippen LogP contribution in [0.15, 0.2) is 54.6 Å². The molecule has 0 aliphatic carbocycles. The zero-order valence-corrected chi connectivity index (χ0v) is 18.1. The Balaban J connectivity index is 1.32. The lowest BCUT2D eigenvalue weighted by Crippen LogP contribution is -2.50. The van der Waals surface area contributed by atoms with Crippen molar-refractivity contribution in [2.75, 3.05) is 44.6 Å². The van der Waals surface area contributed by atoms with Crippen LogP contribution in [0, 0.1) is 0 Å². The Labute approximate surface area is 187 Å². The minimum Gasteiger partial charge on any atom is -0.355 e. The second-order valence-electron chi connectivity index (χ2n) is 7.45. The zero-order chi connectivity index (χ0) is 22.1. The van der Waals surface area contributed by atoms with Crippen LogP contribution in [0.1, 0.15) is 12.0 Å². The van der Waals surface area contributed by atoms with E-state index in [2.05, 4.69) is 10.6 Å². The maximum atomic E-state index is 12.4. The fourth-order valence-electron chi connectivity index (χ4n) is 3.42. The molecule has 0 spiro atoms. The van der Waals surface area contributed by atoms with Crippen molar-refractivity contribution in [1.29, 1.82) is 0 Å². The second-order valence-corrected chi connectivity index (χ2v) is 7.85. The summed E-state index contributed by atoms with van der Waals surface area (Å²) in [7, 11) is 0. The first-order valence-corrected chi connectivity index (χ1v) is 10.7. The van der Waals surface area contributed by atoms with Crippen LogP contribution in [0.2, 0.25) is 5.02 Å². The lowest BCUT2D eigenvalue weighted by molar-refractivity contribution is -0.133. The summed E-state index contributed by atoms with van der Waals surface area (Å²) in [6, 6.07) is 16.6. The molecule has 1 fully saturated rings. The number of piperazine rings is 1. The van der Waals surface area contributed by atoms with E-state index in [0.29, 0.717) is 49.9 Å². The summed E-state index contributed by atoms with van der Waals surface area (Å²) in [6.45, 7) is 2.96. The summed E-state index contributed by atoms with van der Waals surface area (Å²) < 4.78 is 0. The smallest absolute Gasteiger partial charge is 0.238 e. The van der Waals surface area contributed by atoms with Gasteiger partial charge < -0.3 is 15.5 Å². The number of hydrogen-bond donors (Lipinski definition) is 2. The van der Waals surface area contributed by atoms with E-state index in [-0.39, 0.29) is 30.7 Å². The van der Waals surface area contributed by atoms with E-state index < -0.39 is 0 Å². The van der Waals surface area contributed by atoms with Crippen LogP contribution in [-0.4, -0.2) is 66.8 Å². The maximum absolute atomic E-state index is 12.4. The van der Waals surface area contributed by atoms with Gasteiger partial charge in [-0.2, -0.15) is 0 Å². The van der Waals surface area contributed by atoms with Gasteiger partial charge in [0.15, 0.2) is 0 Å². The number of nitrogens with one attached hydrogen (secondary N) is 2. The van der Waals surface area contributed by atoms with E-state index >= 15 is 0 Å². The molecule has 1 aliphatic heterocycles. The molecule has 0 radical (unpaired) electrons. The molecular formula is C23H27ClN4O3. The van der Waals surface area contributed by atoms with Crippen molar-refractivity contribution in [3.63, 3.8) is 0 Å². The van der Waals surface area contributed by atoms with E-state index in [9.17, 15) is 14.4 Å². The van der Waals surface area contributed by atoms with Crippen LogP contribution in [0.3, 0.4) is 0 Å². The van der Waals surface area contributed by atoms with Gasteiger partial charge in [-0.15, -0.1) is 0 Å². The number of carbonyl (C=O) groups is 3. The summed E-state index contributed by atoms with van der Waals surface area (Å²) in [4.78, 5) is 40.4. The average Bonchev–Trinajstić information content (AvgIpc) is 2.76. The number of para-hydroxylation sites is 1. The van der Waals surface area contributed by atoms with Crippen molar-refractivity contribution in [3.8, 4) is 0 Å². The number of halogens is 1. The monoisotopic (exact) mass is 442 g/mol. The van der Waals surface area contributed by atoms with Crippen LogP contribution in [0.4, 0.5) is 5.69 Å². The minimum atomic E-state index is -0.131. The van der Waals surface area contributed by atoms with E-state index in [1.807, 2.05) is 47.4 Å². The van der Waals surface area contributed by atoms with Crippen LogP contribution < -0.4 is 10.6 Å². The molecule has 0 saturated carbocycles. The van der Waals surface area contributed by atoms with Gasteiger partial charge in [0.25, 0.3) is 0 Å². The van der Waals surface area contributed by atoms with E-state index in [4.69, 9.17) is 11.6 Å². The Morgan fingerprint density at radius 2 is 1.55 bits per heavy atom. The molecule has 3 rings (SSSR count). The number of nitrogens with zero attached hydrogens (tertiary/aromatic N) is 2. The van der Waals surface area contributed by atoms with Crippen molar-refractivity contribution < 1.29 is 14.4 Å². The normalized spacial score (nSPS) is 14.2. The first-order valence-electron chi connectivity index (χ1n) is 10.4. The van der Waals surface area contributed by atoms with E-state index in [1.54, 1.807) is 17.0 Å². The van der Waals surface area contributed by atoms with Gasteiger partial charge in [0, 0.05) is 39.1 Å². The SMILES string of the molecule is O=C(Cc1ccccc1)NCCC(=O)N1CCN(CC(=O)Nc2ccccc2Cl)CC1. The van der Waals surface area contributed by atoms with Gasteiger partial charge >= 0.3 is 0 Å². The third kappa shape index (κ3) is 7.38. The molecule has 31 heavy (non-hydrogen) atoms. The van der Waals surface area contributed by atoms with Crippen LogP contribution in [-0.2, 0) is 20.8 Å². The Kier molecular flexibility index (Phi) is 8.44. The first kappa shape index (κ1) is 22.8. The molecule has 1 aliphatic rings.